The summed E-state index contributed by atoms with van der Waals surface area (Å²) in [6.07, 6.45) is 3.68. The van der Waals surface area contributed by atoms with Crippen LogP contribution in [0, 0.1) is 0 Å². The van der Waals surface area contributed by atoms with Gasteiger partial charge in [0.2, 0.25) is 0 Å². The number of nitrogens with one attached hydrogen (secondary N) is 1. The molecule has 4 heteroatoms. The maximum Gasteiger partial charge on any atom is 0.407 e. The smallest absolute Gasteiger partial charge is 0.407 e. The highest BCUT2D eigenvalue weighted by Gasteiger charge is 2.23. The lowest BCUT2D eigenvalue weighted by atomic mass is 9.92. The minimum Gasteiger partial charge on any atom is -0.444 e. The lowest BCUT2D eigenvalue weighted by Gasteiger charge is -2.28. The van der Waals surface area contributed by atoms with E-state index in [1.165, 1.54) is 0 Å². The van der Waals surface area contributed by atoms with Gasteiger partial charge in [0.1, 0.15) is 5.60 Å². The molecule has 0 saturated heterocycles. The van der Waals surface area contributed by atoms with E-state index in [4.69, 9.17) is 10.5 Å². The standard InChI is InChI=1S/C11H22N2O2/c1-11(2,3)15-10(14)13-9-6-4-5-8(12)7-9/h8-9H,4-7,12H2,1-3H3,(H,13,14)/t8?,9-/m1/s1. The van der Waals surface area contributed by atoms with Crippen LogP contribution in [0.25, 0.3) is 0 Å². The first-order valence-corrected chi connectivity index (χ1v) is 5.62. The fourth-order valence-corrected chi connectivity index (χ4v) is 1.83. The van der Waals surface area contributed by atoms with Gasteiger partial charge in [0.05, 0.1) is 0 Å². The first-order valence-electron chi connectivity index (χ1n) is 5.62. The minimum absolute atomic E-state index is 0.184. The average Bonchev–Trinajstić information content (AvgIpc) is 1.99. The summed E-state index contributed by atoms with van der Waals surface area (Å²) >= 11 is 0. The third kappa shape index (κ3) is 5.02. The highest BCUT2D eigenvalue weighted by atomic mass is 16.6. The van der Waals surface area contributed by atoms with Gasteiger partial charge < -0.3 is 15.8 Å². The lowest BCUT2D eigenvalue weighted by molar-refractivity contribution is 0.0491. The largest absolute Gasteiger partial charge is 0.444 e. The number of alkyl carbamates (subject to hydrolysis) is 1. The Kier molecular flexibility index (Phi) is 3.97. The molecule has 1 aliphatic carbocycles. The van der Waals surface area contributed by atoms with E-state index in [0.29, 0.717) is 0 Å². The summed E-state index contributed by atoms with van der Waals surface area (Å²) < 4.78 is 5.18. The Morgan fingerprint density at radius 3 is 2.60 bits per heavy atom. The van der Waals surface area contributed by atoms with Crippen LogP contribution in [0.15, 0.2) is 0 Å². The molecule has 0 aromatic rings. The zero-order valence-electron chi connectivity index (χ0n) is 9.88. The van der Waals surface area contributed by atoms with Crippen LogP contribution in [0.5, 0.6) is 0 Å². The fraction of sp³-hybridized carbons (Fsp3) is 0.909. The second-order valence-corrected chi connectivity index (χ2v) is 5.27. The number of hydrogen-bond acceptors (Lipinski definition) is 3. The Balaban J connectivity index is 2.31. The van der Waals surface area contributed by atoms with Crippen LogP contribution in [-0.2, 0) is 4.74 Å². The van der Waals surface area contributed by atoms with Crippen molar-refractivity contribution in [3.63, 3.8) is 0 Å². The van der Waals surface area contributed by atoms with Gasteiger partial charge in [-0.1, -0.05) is 0 Å². The Labute approximate surface area is 91.5 Å². The number of rotatable bonds is 1. The van der Waals surface area contributed by atoms with Crippen LogP contribution in [0.3, 0.4) is 0 Å². The van der Waals surface area contributed by atoms with Crippen LogP contribution in [0.1, 0.15) is 46.5 Å². The van der Waals surface area contributed by atoms with Crippen LogP contribution in [0.2, 0.25) is 0 Å². The summed E-state index contributed by atoms with van der Waals surface area (Å²) in [6.45, 7) is 5.58. The third-order valence-corrected chi connectivity index (χ3v) is 2.44. The van der Waals surface area contributed by atoms with Crippen LogP contribution in [0.4, 0.5) is 4.79 Å². The number of carbonyl (C=O) groups excluding carboxylic acids is 1. The van der Waals surface area contributed by atoms with Gasteiger partial charge in [-0.2, -0.15) is 0 Å². The molecule has 0 bridgehead atoms. The summed E-state index contributed by atoms with van der Waals surface area (Å²) in [6, 6.07) is 0.405. The molecule has 1 unspecified atom stereocenters. The average molecular weight is 214 g/mol. The van der Waals surface area contributed by atoms with Crippen molar-refractivity contribution >= 4 is 6.09 Å². The van der Waals surface area contributed by atoms with Gasteiger partial charge in [0.25, 0.3) is 0 Å². The van der Waals surface area contributed by atoms with Crippen molar-refractivity contribution in [1.82, 2.24) is 5.32 Å². The van der Waals surface area contributed by atoms with Gasteiger partial charge >= 0.3 is 6.09 Å². The molecule has 0 spiro atoms. The molecule has 3 N–H and O–H groups in total. The summed E-state index contributed by atoms with van der Waals surface area (Å²) in [5.74, 6) is 0. The highest BCUT2D eigenvalue weighted by molar-refractivity contribution is 5.68. The van der Waals surface area contributed by atoms with Crippen LogP contribution < -0.4 is 11.1 Å². The molecule has 88 valence electrons. The molecule has 0 heterocycles. The number of hydrogen-bond donors (Lipinski definition) is 2. The zero-order valence-corrected chi connectivity index (χ0v) is 9.88. The molecule has 0 aliphatic heterocycles. The molecule has 1 fully saturated rings. The summed E-state index contributed by atoms with van der Waals surface area (Å²) in [5, 5.41) is 2.86. The van der Waals surface area contributed by atoms with E-state index in [9.17, 15) is 4.79 Å². The monoisotopic (exact) mass is 214 g/mol. The molecule has 1 amide bonds. The lowest BCUT2D eigenvalue weighted by Crippen LogP contribution is -2.44. The molecular weight excluding hydrogens is 192 g/mol. The summed E-state index contributed by atoms with van der Waals surface area (Å²) in [7, 11) is 0. The number of ether oxygens (including phenoxy) is 1. The number of nitrogens with two attached hydrogens (primary N) is 1. The van der Waals surface area contributed by atoms with Gasteiger partial charge in [-0.15, -0.1) is 0 Å². The van der Waals surface area contributed by atoms with Gasteiger partial charge in [-0.05, 0) is 46.5 Å². The van der Waals surface area contributed by atoms with Crippen molar-refractivity contribution in [3.05, 3.63) is 0 Å². The molecule has 1 saturated carbocycles. The normalized spacial score (nSPS) is 27.2. The van der Waals surface area contributed by atoms with Crippen molar-refractivity contribution in [3.8, 4) is 0 Å². The minimum atomic E-state index is -0.430. The SMILES string of the molecule is CC(C)(C)OC(=O)N[C@@H]1CCCC(N)C1. The van der Waals surface area contributed by atoms with Crippen molar-refractivity contribution in [2.45, 2.75) is 64.1 Å². The molecule has 0 aromatic carbocycles. The Morgan fingerprint density at radius 1 is 1.40 bits per heavy atom. The molecule has 4 nitrogen and oxygen atoms in total. The summed E-state index contributed by atoms with van der Waals surface area (Å²) in [5.41, 5.74) is 5.41. The Morgan fingerprint density at radius 2 is 2.07 bits per heavy atom. The molecule has 15 heavy (non-hydrogen) atoms. The van der Waals surface area contributed by atoms with Gasteiger partial charge in [-0.25, -0.2) is 4.79 Å². The van der Waals surface area contributed by atoms with E-state index in [2.05, 4.69) is 5.32 Å². The van der Waals surface area contributed by atoms with E-state index in [-0.39, 0.29) is 18.2 Å². The zero-order chi connectivity index (χ0) is 11.5. The van der Waals surface area contributed by atoms with E-state index in [0.717, 1.165) is 25.7 Å². The van der Waals surface area contributed by atoms with Crippen LogP contribution >= 0.6 is 0 Å². The second-order valence-electron chi connectivity index (χ2n) is 5.27. The first-order chi connectivity index (χ1) is 6.87. The fourth-order valence-electron chi connectivity index (χ4n) is 1.83. The van der Waals surface area contributed by atoms with E-state index < -0.39 is 5.60 Å². The van der Waals surface area contributed by atoms with Crippen molar-refractivity contribution in [1.29, 1.82) is 0 Å². The number of carbonyl (C=O) groups is 1. The molecule has 0 aromatic heterocycles. The highest BCUT2D eigenvalue weighted by Crippen LogP contribution is 2.17. The first kappa shape index (κ1) is 12.3. The third-order valence-electron chi connectivity index (χ3n) is 2.44. The Hall–Kier alpha value is -0.770. The second kappa shape index (κ2) is 4.84. The predicted octanol–water partition coefficient (Wildman–Crippen LogP) is 1.78. The van der Waals surface area contributed by atoms with Crippen LogP contribution in [-0.4, -0.2) is 23.8 Å². The van der Waals surface area contributed by atoms with E-state index in [1.807, 2.05) is 20.8 Å². The van der Waals surface area contributed by atoms with E-state index >= 15 is 0 Å². The molecule has 2 atom stereocenters. The predicted molar refractivity (Wildman–Crippen MR) is 59.6 cm³/mol. The van der Waals surface area contributed by atoms with Crippen molar-refractivity contribution in [2.24, 2.45) is 5.73 Å². The maximum absolute atomic E-state index is 11.5. The summed E-state index contributed by atoms with van der Waals surface area (Å²) in [4.78, 5) is 11.5. The van der Waals surface area contributed by atoms with Crippen molar-refractivity contribution in [2.75, 3.05) is 0 Å². The number of amides is 1. The van der Waals surface area contributed by atoms with Gasteiger partial charge in [-0.3, -0.25) is 0 Å². The quantitative estimate of drug-likeness (QED) is 0.699. The maximum atomic E-state index is 11.5. The molecule has 1 aliphatic rings. The molecular formula is C11H22N2O2. The van der Waals surface area contributed by atoms with Crippen molar-refractivity contribution < 1.29 is 9.53 Å². The molecule has 1 rings (SSSR count). The topological polar surface area (TPSA) is 64.3 Å². The Bertz CT molecular complexity index is 223. The van der Waals surface area contributed by atoms with E-state index in [1.54, 1.807) is 0 Å². The molecule has 0 radical (unpaired) electrons. The van der Waals surface area contributed by atoms with Gasteiger partial charge in [0, 0.05) is 12.1 Å². The van der Waals surface area contributed by atoms with Gasteiger partial charge in [0.15, 0.2) is 0 Å².